The molecule has 1 aromatic heterocycles. The molecule has 2 N–H and O–H groups in total. The van der Waals surface area contributed by atoms with Crippen molar-refractivity contribution in [2.75, 3.05) is 5.73 Å². The van der Waals surface area contributed by atoms with Crippen molar-refractivity contribution in [3.8, 4) is 11.1 Å². The van der Waals surface area contributed by atoms with Crippen LogP contribution < -0.4 is 5.73 Å². The predicted molar refractivity (Wildman–Crippen MR) is 59.1 cm³/mol. The van der Waals surface area contributed by atoms with E-state index < -0.39 is 11.9 Å². The molecule has 1 aromatic carbocycles. The fourth-order valence-corrected chi connectivity index (χ4v) is 1.60. The van der Waals surface area contributed by atoms with Gasteiger partial charge in [0.25, 0.3) is 0 Å². The topological polar surface area (TPSA) is 38.9 Å². The van der Waals surface area contributed by atoms with Crippen LogP contribution in [-0.4, -0.2) is 4.98 Å². The van der Waals surface area contributed by atoms with E-state index in [2.05, 4.69) is 4.98 Å². The fraction of sp³-hybridized carbons (Fsp3) is 0.0833. The van der Waals surface area contributed by atoms with Crippen molar-refractivity contribution < 1.29 is 13.2 Å². The summed E-state index contributed by atoms with van der Waals surface area (Å²) in [6, 6.07) is 9.54. The van der Waals surface area contributed by atoms with Gasteiger partial charge in [-0.2, -0.15) is 13.2 Å². The van der Waals surface area contributed by atoms with E-state index in [9.17, 15) is 13.2 Å². The third kappa shape index (κ3) is 2.22. The number of aromatic nitrogens is 1. The second kappa shape index (κ2) is 4.08. The first-order chi connectivity index (χ1) is 8.00. The molecule has 0 unspecified atom stereocenters. The average molecular weight is 238 g/mol. The Hall–Kier alpha value is -2.04. The molecule has 2 aromatic rings. The standard InChI is InChI=1S/C12H9F3N2/c13-12(14,15)11-10(9(16)6-7-17-11)8-4-2-1-3-5-8/h1-7H,(H2,16,17). The van der Waals surface area contributed by atoms with Gasteiger partial charge in [0.2, 0.25) is 0 Å². The van der Waals surface area contributed by atoms with E-state index in [0.717, 1.165) is 6.20 Å². The molecule has 0 aliphatic carbocycles. The van der Waals surface area contributed by atoms with Crippen LogP contribution in [0.15, 0.2) is 42.6 Å². The Kier molecular flexibility index (Phi) is 2.75. The number of nitrogens with two attached hydrogens (primary N) is 1. The minimum atomic E-state index is -4.51. The summed E-state index contributed by atoms with van der Waals surface area (Å²) in [7, 11) is 0. The van der Waals surface area contributed by atoms with E-state index in [1.54, 1.807) is 30.3 Å². The molecule has 2 rings (SSSR count). The lowest BCUT2D eigenvalue weighted by atomic mass is 10.0. The van der Waals surface area contributed by atoms with Crippen LogP contribution in [0.3, 0.4) is 0 Å². The Labute approximate surface area is 95.9 Å². The zero-order valence-corrected chi connectivity index (χ0v) is 8.70. The highest BCUT2D eigenvalue weighted by atomic mass is 19.4. The second-order valence-electron chi connectivity index (χ2n) is 3.49. The van der Waals surface area contributed by atoms with Crippen LogP contribution in [0.2, 0.25) is 0 Å². The molecule has 0 spiro atoms. The normalized spacial score (nSPS) is 11.5. The first-order valence-electron chi connectivity index (χ1n) is 4.87. The Morgan fingerprint density at radius 3 is 2.24 bits per heavy atom. The number of alkyl halides is 3. The van der Waals surface area contributed by atoms with Crippen LogP contribution in [0, 0.1) is 0 Å². The monoisotopic (exact) mass is 238 g/mol. The van der Waals surface area contributed by atoms with Crippen molar-refractivity contribution in [2.24, 2.45) is 0 Å². The number of benzene rings is 1. The van der Waals surface area contributed by atoms with Crippen LogP contribution in [-0.2, 0) is 6.18 Å². The van der Waals surface area contributed by atoms with Crippen molar-refractivity contribution in [1.82, 2.24) is 4.98 Å². The van der Waals surface area contributed by atoms with Crippen LogP contribution in [0.1, 0.15) is 5.69 Å². The Bertz CT molecular complexity index is 521. The van der Waals surface area contributed by atoms with Crippen LogP contribution in [0.25, 0.3) is 11.1 Å². The summed E-state index contributed by atoms with van der Waals surface area (Å²) in [5, 5.41) is 0. The molecule has 0 atom stereocenters. The van der Waals surface area contributed by atoms with Gasteiger partial charge in [-0.05, 0) is 11.6 Å². The molecule has 0 aliphatic heterocycles. The minimum Gasteiger partial charge on any atom is -0.398 e. The lowest BCUT2D eigenvalue weighted by molar-refractivity contribution is -0.140. The largest absolute Gasteiger partial charge is 0.434 e. The molecule has 5 heteroatoms. The van der Waals surface area contributed by atoms with Crippen molar-refractivity contribution >= 4 is 5.69 Å². The van der Waals surface area contributed by atoms with Gasteiger partial charge in [-0.25, -0.2) is 0 Å². The van der Waals surface area contributed by atoms with Crippen LogP contribution in [0.4, 0.5) is 18.9 Å². The lowest BCUT2D eigenvalue weighted by Gasteiger charge is -2.13. The SMILES string of the molecule is Nc1ccnc(C(F)(F)F)c1-c1ccccc1. The quantitative estimate of drug-likeness (QED) is 0.827. The first-order valence-corrected chi connectivity index (χ1v) is 4.87. The van der Waals surface area contributed by atoms with Crippen molar-refractivity contribution in [3.05, 3.63) is 48.3 Å². The van der Waals surface area contributed by atoms with Crippen molar-refractivity contribution in [3.63, 3.8) is 0 Å². The number of anilines is 1. The van der Waals surface area contributed by atoms with Gasteiger partial charge >= 0.3 is 6.18 Å². The van der Waals surface area contributed by atoms with Gasteiger partial charge in [0, 0.05) is 17.4 Å². The first kappa shape index (κ1) is 11.4. The number of pyridine rings is 1. The molecule has 0 bridgehead atoms. The highest BCUT2D eigenvalue weighted by Gasteiger charge is 2.36. The number of halogens is 3. The number of nitrogen functional groups attached to an aromatic ring is 1. The van der Waals surface area contributed by atoms with E-state index in [-0.39, 0.29) is 11.3 Å². The summed E-state index contributed by atoms with van der Waals surface area (Å²) in [6.45, 7) is 0. The molecule has 2 nitrogen and oxygen atoms in total. The van der Waals surface area contributed by atoms with Crippen molar-refractivity contribution in [1.29, 1.82) is 0 Å². The molecule has 0 amide bonds. The summed E-state index contributed by atoms with van der Waals surface area (Å²) in [4.78, 5) is 3.38. The number of hydrogen-bond acceptors (Lipinski definition) is 2. The molecular formula is C12H9F3N2. The molecule has 1 heterocycles. The maximum Gasteiger partial charge on any atom is 0.434 e. The summed E-state index contributed by atoms with van der Waals surface area (Å²) in [5.74, 6) is 0. The molecule has 0 saturated heterocycles. The summed E-state index contributed by atoms with van der Waals surface area (Å²) >= 11 is 0. The molecule has 0 radical (unpaired) electrons. The maximum absolute atomic E-state index is 12.8. The summed E-state index contributed by atoms with van der Waals surface area (Å²) < 4.78 is 38.4. The third-order valence-electron chi connectivity index (χ3n) is 2.31. The van der Waals surface area contributed by atoms with E-state index in [1.165, 1.54) is 6.07 Å². The van der Waals surface area contributed by atoms with Crippen molar-refractivity contribution in [2.45, 2.75) is 6.18 Å². The number of rotatable bonds is 1. The molecule has 88 valence electrons. The van der Waals surface area contributed by atoms with Gasteiger partial charge in [0.15, 0.2) is 5.69 Å². The number of hydrogen-bond donors (Lipinski definition) is 1. The maximum atomic E-state index is 12.8. The third-order valence-corrected chi connectivity index (χ3v) is 2.31. The minimum absolute atomic E-state index is 0.0681. The fourth-order valence-electron chi connectivity index (χ4n) is 1.60. The second-order valence-corrected chi connectivity index (χ2v) is 3.49. The zero-order valence-electron chi connectivity index (χ0n) is 8.70. The number of nitrogens with zero attached hydrogens (tertiary/aromatic N) is 1. The molecule has 0 fully saturated rings. The van der Waals surface area contributed by atoms with Gasteiger partial charge in [0.05, 0.1) is 0 Å². The van der Waals surface area contributed by atoms with Gasteiger partial charge in [0.1, 0.15) is 0 Å². The Morgan fingerprint density at radius 2 is 1.65 bits per heavy atom. The molecule has 0 aliphatic rings. The van der Waals surface area contributed by atoms with Gasteiger partial charge in [-0.15, -0.1) is 0 Å². The highest BCUT2D eigenvalue weighted by molar-refractivity contribution is 5.78. The van der Waals surface area contributed by atoms with E-state index in [0.29, 0.717) is 5.56 Å². The van der Waals surface area contributed by atoms with Gasteiger partial charge in [-0.3, -0.25) is 4.98 Å². The summed E-state index contributed by atoms with van der Waals surface area (Å²) in [6.07, 6.45) is -3.45. The lowest BCUT2D eigenvalue weighted by Crippen LogP contribution is -2.11. The summed E-state index contributed by atoms with van der Waals surface area (Å²) in [5.41, 5.74) is 5.06. The zero-order chi connectivity index (χ0) is 12.5. The predicted octanol–water partition coefficient (Wildman–Crippen LogP) is 3.35. The smallest absolute Gasteiger partial charge is 0.398 e. The van der Waals surface area contributed by atoms with E-state index in [4.69, 9.17) is 5.73 Å². The van der Waals surface area contributed by atoms with E-state index in [1.807, 2.05) is 0 Å². The van der Waals surface area contributed by atoms with Crippen LogP contribution in [0.5, 0.6) is 0 Å². The molecular weight excluding hydrogens is 229 g/mol. The average Bonchev–Trinajstić information content (AvgIpc) is 2.28. The van der Waals surface area contributed by atoms with Gasteiger partial charge < -0.3 is 5.73 Å². The van der Waals surface area contributed by atoms with Gasteiger partial charge in [-0.1, -0.05) is 30.3 Å². The Morgan fingerprint density at radius 1 is 1.00 bits per heavy atom. The highest BCUT2D eigenvalue weighted by Crippen LogP contribution is 2.38. The Balaban J connectivity index is 2.69. The molecule has 17 heavy (non-hydrogen) atoms. The van der Waals surface area contributed by atoms with E-state index >= 15 is 0 Å². The molecule has 0 saturated carbocycles. The van der Waals surface area contributed by atoms with Crippen LogP contribution >= 0.6 is 0 Å².